The Kier molecular flexibility index (Phi) is 4.10. The molecule has 0 aromatic heterocycles. The van der Waals surface area contributed by atoms with Crippen molar-refractivity contribution in [2.45, 2.75) is 19.3 Å². The fourth-order valence-corrected chi connectivity index (χ4v) is 1.27. The van der Waals surface area contributed by atoms with Gasteiger partial charge < -0.3 is 5.11 Å². The van der Waals surface area contributed by atoms with Crippen molar-refractivity contribution in [1.82, 2.24) is 0 Å². The second kappa shape index (κ2) is 5.34. The van der Waals surface area contributed by atoms with E-state index < -0.39 is 29.8 Å². The molecule has 5 heteroatoms. The topological polar surface area (TPSA) is 54.4 Å². The van der Waals surface area contributed by atoms with Crippen LogP contribution >= 0.6 is 0 Å². The van der Waals surface area contributed by atoms with Gasteiger partial charge >= 0.3 is 5.97 Å². The minimum Gasteiger partial charge on any atom is -0.481 e. The normalized spacial score (nSPS) is 10.1. The Labute approximate surface area is 90.7 Å². The highest BCUT2D eigenvalue weighted by Gasteiger charge is 2.11. The van der Waals surface area contributed by atoms with Gasteiger partial charge in [0, 0.05) is 6.42 Å². The number of Topliss-reactive ketones (excluding diaryl/α,β-unsaturated/α-hetero) is 1. The first-order valence-electron chi connectivity index (χ1n) is 4.67. The van der Waals surface area contributed by atoms with E-state index in [4.69, 9.17) is 5.11 Å². The van der Waals surface area contributed by atoms with Crippen LogP contribution < -0.4 is 0 Å². The van der Waals surface area contributed by atoms with E-state index in [9.17, 15) is 18.4 Å². The maximum atomic E-state index is 13.1. The van der Waals surface area contributed by atoms with Gasteiger partial charge in [0.15, 0.2) is 11.6 Å². The van der Waals surface area contributed by atoms with Gasteiger partial charge in [-0.2, -0.15) is 0 Å². The van der Waals surface area contributed by atoms with Crippen LogP contribution in [0.15, 0.2) is 18.2 Å². The third kappa shape index (κ3) is 3.42. The molecule has 0 heterocycles. The van der Waals surface area contributed by atoms with Crippen LogP contribution in [-0.4, -0.2) is 16.9 Å². The molecule has 0 spiro atoms. The average Bonchev–Trinajstić information content (AvgIpc) is 2.19. The monoisotopic (exact) mass is 228 g/mol. The van der Waals surface area contributed by atoms with E-state index in [1.54, 1.807) is 0 Å². The molecule has 0 aliphatic heterocycles. The summed E-state index contributed by atoms with van der Waals surface area (Å²) in [7, 11) is 0. The molecule has 1 N–H and O–H groups in total. The summed E-state index contributed by atoms with van der Waals surface area (Å²) in [6.45, 7) is 0. The maximum absolute atomic E-state index is 13.1. The van der Waals surface area contributed by atoms with Crippen molar-refractivity contribution in [3.8, 4) is 0 Å². The van der Waals surface area contributed by atoms with E-state index in [0.717, 1.165) is 6.07 Å². The first-order chi connectivity index (χ1) is 7.50. The van der Waals surface area contributed by atoms with Crippen molar-refractivity contribution in [3.05, 3.63) is 35.4 Å². The first-order valence-corrected chi connectivity index (χ1v) is 4.67. The predicted octanol–water partition coefficient (Wildman–Crippen LogP) is 1.94. The van der Waals surface area contributed by atoms with E-state index in [0.29, 0.717) is 0 Å². The molecular weight excluding hydrogens is 218 g/mol. The second-order valence-electron chi connectivity index (χ2n) is 3.32. The molecule has 16 heavy (non-hydrogen) atoms. The fourth-order valence-electron chi connectivity index (χ4n) is 1.27. The zero-order valence-corrected chi connectivity index (χ0v) is 8.37. The zero-order valence-electron chi connectivity index (χ0n) is 8.37. The number of carbonyl (C=O) groups is 2. The summed E-state index contributed by atoms with van der Waals surface area (Å²) < 4.78 is 25.9. The molecule has 0 saturated carbocycles. The molecule has 0 unspecified atom stereocenters. The van der Waals surface area contributed by atoms with E-state index in [1.807, 2.05) is 0 Å². The van der Waals surface area contributed by atoms with Crippen LogP contribution in [0.4, 0.5) is 8.78 Å². The maximum Gasteiger partial charge on any atom is 0.310 e. The van der Waals surface area contributed by atoms with Crippen LogP contribution in [0.1, 0.15) is 18.4 Å². The lowest BCUT2D eigenvalue weighted by Crippen LogP contribution is -2.08. The number of ketones is 1. The Balaban J connectivity index is 2.58. The third-order valence-corrected chi connectivity index (χ3v) is 2.05. The van der Waals surface area contributed by atoms with Crippen molar-refractivity contribution in [3.63, 3.8) is 0 Å². The van der Waals surface area contributed by atoms with Gasteiger partial charge in [0.1, 0.15) is 12.2 Å². The summed E-state index contributed by atoms with van der Waals surface area (Å²) >= 11 is 0. The second-order valence-corrected chi connectivity index (χ2v) is 3.32. The standard InChI is InChI=1S/C11H10F2O3/c12-9-3-1-2-7(11(9)13)4-5-8(14)6-10(15)16/h1-3H,4-6H2,(H,15,16). The number of carbonyl (C=O) groups excluding carboxylic acids is 1. The van der Waals surface area contributed by atoms with Crippen LogP contribution in [0.3, 0.4) is 0 Å². The molecular formula is C11H10F2O3. The first kappa shape index (κ1) is 12.3. The molecule has 0 aliphatic carbocycles. The lowest BCUT2D eigenvalue weighted by molar-refractivity contribution is -0.140. The number of hydrogen-bond donors (Lipinski definition) is 1. The van der Waals surface area contributed by atoms with Gasteiger partial charge in [-0.3, -0.25) is 9.59 Å². The molecule has 1 aromatic rings. The van der Waals surface area contributed by atoms with Gasteiger partial charge in [-0.15, -0.1) is 0 Å². The number of carboxylic acids is 1. The van der Waals surface area contributed by atoms with Gasteiger partial charge in [0.05, 0.1) is 0 Å². The number of carboxylic acid groups (broad SMARTS) is 1. The molecule has 86 valence electrons. The number of halogens is 2. The van der Waals surface area contributed by atoms with Gasteiger partial charge in [-0.05, 0) is 18.1 Å². The number of aliphatic carboxylic acids is 1. The Hall–Kier alpha value is -1.78. The Morgan fingerprint density at radius 3 is 2.56 bits per heavy atom. The molecule has 1 rings (SSSR count). The SMILES string of the molecule is O=C(O)CC(=O)CCc1cccc(F)c1F. The van der Waals surface area contributed by atoms with Gasteiger partial charge in [0.25, 0.3) is 0 Å². The van der Waals surface area contributed by atoms with E-state index >= 15 is 0 Å². The molecule has 0 radical (unpaired) electrons. The lowest BCUT2D eigenvalue weighted by atomic mass is 10.1. The number of hydrogen-bond acceptors (Lipinski definition) is 2. The van der Waals surface area contributed by atoms with Crippen molar-refractivity contribution in [1.29, 1.82) is 0 Å². The van der Waals surface area contributed by atoms with E-state index in [1.165, 1.54) is 12.1 Å². The predicted molar refractivity (Wildman–Crippen MR) is 51.9 cm³/mol. The Morgan fingerprint density at radius 1 is 1.25 bits per heavy atom. The molecule has 0 aliphatic rings. The van der Waals surface area contributed by atoms with Crippen molar-refractivity contribution in [2.75, 3.05) is 0 Å². The molecule has 0 bridgehead atoms. The summed E-state index contributed by atoms with van der Waals surface area (Å²) in [5.41, 5.74) is 0.0822. The Bertz CT molecular complexity index is 416. The summed E-state index contributed by atoms with van der Waals surface area (Å²) in [5, 5.41) is 8.32. The highest BCUT2D eigenvalue weighted by Crippen LogP contribution is 2.13. The van der Waals surface area contributed by atoms with Crippen LogP contribution in [-0.2, 0) is 16.0 Å². The summed E-state index contributed by atoms with van der Waals surface area (Å²) in [5.74, 6) is -3.67. The van der Waals surface area contributed by atoms with Crippen molar-refractivity contribution >= 4 is 11.8 Å². The minimum atomic E-state index is -1.22. The van der Waals surface area contributed by atoms with Crippen LogP contribution in [0, 0.1) is 11.6 Å². The molecule has 1 aromatic carbocycles. The quantitative estimate of drug-likeness (QED) is 0.783. The number of rotatable bonds is 5. The van der Waals surface area contributed by atoms with Crippen LogP contribution in [0.2, 0.25) is 0 Å². The molecule has 3 nitrogen and oxygen atoms in total. The highest BCUT2D eigenvalue weighted by molar-refractivity contribution is 5.94. The molecule has 0 fully saturated rings. The molecule has 0 saturated heterocycles. The largest absolute Gasteiger partial charge is 0.481 e. The summed E-state index contributed by atoms with van der Waals surface area (Å²) in [6, 6.07) is 3.69. The molecule has 0 atom stereocenters. The molecule has 0 amide bonds. The zero-order chi connectivity index (χ0) is 12.1. The highest BCUT2D eigenvalue weighted by atomic mass is 19.2. The summed E-state index contributed by atoms with van der Waals surface area (Å²) in [6.07, 6.45) is -0.681. The van der Waals surface area contributed by atoms with Gasteiger partial charge in [-0.1, -0.05) is 12.1 Å². The fraction of sp³-hybridized carbons (Fsp3) is 0.273. The van der Waals surface area contributed by atoms with Crippen molar-refractivity contribution < 1.29 is 23.5 Å². The number of benzene rings is 1. The Morgan fingerprint density at radius 2 is 1.94 bits per heavy atom. The number of aryl methyl sites for hydroxylation is 1. The average molecular weight is 228 g/mol. The van der Waals surface area contributed by atoms with E-state index in [-0.39, 0.29) is 18.4 Å². The summed E-state index contributed by atoms with van der Waals surface area (Å²) in [4.78, 5) is 21.2. The van der Waals surface area contributed by atoms with E-state index in [2.05, 4.69) is 0 Å². The smallest absolute Gasteiger partial charge is 0.310 e. The van der Waals surface area contributed by atoms with Crippen molar-refractivity contribution in [2.24, 2.45) is 0 Å². The minimum absolute atomic E-state index is 0.00963. The van der Waals surface area contributed by atoms with Crippen LogP contribution in [0.5, 0.6) is 0 Å². The van der Waals surface area contributed by atoms with Gasteiger partial charge in [-0.25, -0.2) is 8.78 Å². The van der Waals surface area contributed by atoms with Crippen LogP contribution in [0.25, 0.3) is 0 Å². The van der Waals surface area contributed by atoms with Gasteiger partial charge in [0.2, 0.25) is 0 Å². The lowest BCUT2D eigenvalue weighted by Gasteiger charge is -2.02. The third-order valence-electron chi connectivity index (χ3n) is 2.05.